The Morgan fingerprint density at radius 3 is 2.38 bits per heavy atom. The molecule has 7 heteroatoms. The van der Waals surface area contributed by atoms with Crippen LogP contribution >= 0.6 is 39.1 Å². The van der Waals surface area contributed by atoms with Gasteiger partial charge in [0.15, 0.2) is 5.78 Å². The van der Waals surface area contributed by atoms with Crippen molar-refractivity contribution >= 4 is 44.9 Å². The predicted octanol–water partition coefficient (Wildman–Crippen LogP) is 4.35. The maximum Gasteiger partial charge on any atom is 0.329 e. The van der Waals surface area contributed by atoms with Gasteiger partial charge in [-0.1, -0.05) is 23.2 Å². The fourth-order valence-corrected chi connectivity index (χ4v) is 2.21. The Bertz CT molecular complexity index is 458. The van der Waals surface area contributed by atoms with Gasteiger partial charge in [0.1, 0.15) is 5.75 Å². The summed E-state index contributed by atoms with van der Waals surface area (Å²) in [6.45, 7) is 1.04. The number of hydrogen-bond donors (Lipinski definition) is 1. The number of ketones is 1. The number of phenols is 1. The number of benzene rings is 1. The lowest BCUT2D eigenvalue weighted by molar-refractivity contribution is 0.0964. The molecule has 0 radical (unpaired) electrons. The highest BCUT2D eigenvalue weighted by molar-refractivity contribution is 9.09. The van der Waals surface area contributed by atoms with Crippen LogP contribution in [0.25, 0.3) is 0 Å². The standard InChI is InChI=1S/C9H5BrCl2F2O2/c1-3(15)6-5(16)2-4(11)8(12)7(6)9(10,13)14/h2,16H,1H3. The van der Waals surface area contributed by atoms with Crippen LogP contribution in [-0.4, -0.2) is 10.9 Å². The monoisotopic (exact) mass is 332 g/mol. The summed E-state index contributed by atoms with van der Waals surface area (Å²) in [6, 6.07) is 0.947. The summed E-state index contributed by atoms with van der Waals surface area (Å²) in [7, 11) is 0. The molecule has 2 nitrogen and oxygen atoms in total. The molecule has 0 aromatic heterocycles. The van der Waals surface area contributed by atoms with Crippen molar-refractivity contribution in [1.82, 2.24) is 0 Å². The number of Topliss-reactive ketones (excluding diaryl/α,β-unsaturated/α-hetero) is 1. The van der Waals surface area contributed by atoms with Crippen LogP contribution in [0.3, 0.4) is 0 Å². The summed E-state index contributed by atoms with van der Waals surface area (Å²) in [5.41, 5.74) is -1.37. The summed E-state index contributed by atoms with van der Waals surface area (Å²) in [4.78, 5) is 7.63. The second kappa shape index (κ2) is 4.47. The van der Waals surface area contributed by atoms with Crippen LogP contribution in [0.1, 0.15) is 22.8 Å². The number of halogens is 5. The fourth-order valence-electron chi connectivity index (χ4n) is 1.24. The molecule has 0 fully saturated rings. The largest absolute Gasteiger partial charge is 0.507 e. The van der Waals surface area contributed by atoms with Crippen molar-refractivity contribution in [1.29, 1.82) is 0 Å². The van der Waals surface area contributed by atoms with Gasteiger partial charge in [-0.05, 0) is 22.9 Å². The maximum atomic E-state index is 13.2. The summed E-state index contributed by atoms with van der Waals surface area (Å²) in [5, 5.41) is 8.69. The quantitative estimate of drug-likeness (QED) is 0.645. The van der Waals surface area contributed by atoms with E-state index in [9.17, 15) is 18.7 Å². The molecular weight excluding hydrogens is 329 g/mol. The van der Waals surface area contributed by atoms with Gasteiger partial charge in [0, 0.05) is 6.07 Å². The molecule has 1 rings (SSSR count). The summed E-state index contributed by atoms with van der Waals surface area (Å²) in [5.74, 6) is -1.36. The Labute approximate surface area is 108 Å². The number of phenolic OH excluding ortho intramolecular Hbond substituents is 1. The van der Waals surface area contributed by atoms with E-state index in [1.54, 1.807) is 0 Å². The maximum absolute atomic E-state index is 13.2. The lowest BCUT2D eigenvalue weighted by Crippen LogP contribution is -2.11. The van der Waals surface area contributed by atoms with E-state index in [1.165, 1.54) is 0 Å². The van der Waals surface area contributed by atoms with Crippen LogP contribution in [0.15, 0.2) is 6.07 Å². The Hall–Kier alpha value is -0.390. The highest BCUT2D eigenvalue weighted by Gasteiger charge is 2.36. The van der Waals surface area contributed by atoms with Crippen LogP contribution in [-0.2, 0) is 4.83 Å². The van der Waals surface area contributed by atoms with Crippen LogP contribution in [0.5, 0.6) is 5.75 Å². The van der Waals surface area contributed by atoms with Gasteiger partial charge in [-0.3, -0.25) is 4.79 Å². The van der Waals surface area contributed by atoms with Crippen molar-refractivity contribution in [3.63, 3.8) is 0 Å². The number of aromatic hydroxyl groups is 1. The summed E-state index contributed by atoms with van der Waals surface area (Å²) < 4.78 is 26.4. The molecule has 0 saturated carbocycles. The summed E-state index contributed by atoms with van der Waals surface area (Å²) in [6.07, 6.45) is 0. The molecule has 1 N–H and O–H groups in total. The fraction of sp³-hybridized carbons (Fsp3) is 0.222. The molecule has 0 atom stereocenters. The number of alkyl halides is 3. The normalized spacial score (nSPS) is 11.6. The number of carbonyl (C=O) groups excluding carboxylic acids is 1. The highest BCUT2D eigenvalue weighted by Crippen LogP contribution is 2.46. The minimum atomic E-state index is -3.55. The molecule has 0 unspecified atom stereocenters. The molecule has 0 aliphatic carbocycles. The van der Waals surface area contributed by atoms with E-state index in [0.29, 0.717) is 0 Å². The first-order valence-corrected chi connectivity index (χ1v) is 5.50. The summed E-state index contributed by atoms with van der Waals surface area (Å²) >= 11 is 13.2. The molecule has 0 amide bonds. The molecule has 0 heterocycles. The number of hydrogen-bond acceptors (Lipinski definition) is 2. The van der Waals surface area contributed by atoms with Crippen molar-refractivity contribution in [2.45, 2.75) is 11.8 Å². The third-order valence-corrected chi connectivity index (χ3v) is 3.02. The second-order valence-electron chi connectivity index (χ2n) is 3.00. The van der Waals surface area contributed by atoms with Crippen LogP contribution in [0.2, 0.25) is 10.0 Å². The zero-order chi connectivity index (χ0) is 12.7. The molecule has 0 aliphatic rings. The minimum absolute atomic E-state index is 0.252. The third-order valence-electron chi connectivity index (χ3n) is 1.83. The van der Waals surface area contributed by atoms with E-state index < -0.39 is 32.5 Å². The Balaban J connectivity index is 3.72. The van der Waals surface area contributed by atoms with Crippen molar-refractivity contribution in [3.8, 4) is 5.75 Å². The molecule has 1 aromatic rings. The van der Waals surface area contributed by atoms with E-state index in [2.05, 4.69) is 15.9 Å². The van der Waals surface area contributed by atoms with Gasteiger partial charge in [-0.15, -0.1) is 0 Å². The van der Waals surface area contributed by atoms with Crippen molar-refractivity contribution in [2.75, 3.05) is 0 Å². The predicted molar refractivity (Wildman–Crippen MR) is 61.0 cm³/mol. The van der Waals surface area contributed by atoms with Crippen molar-refractivity contribution in [3.05, 3.63) is 27.2 Å². The van der Waals surface area contributed by atoms with Gasteiger partial charge >= 0.3 is 4.83 Å². The first kappa shape index (κ1) is 13.7. The average Bonchev–Trinajstić information content (AvgIpc) is 2.07. The third kappa shape index (κ3) is 2.47. The van der Waals surface area contributed by atoms with E-state index >= 15 is 0 Å². The molecule has 16 heavy (non-hydrogen) atoms. The molecule has 88 valence electrons. The lowest BCUT2D eigenvalue weighted by Gasteiger charge is -2.16. The zero-order valence-corrected chi connectivity index (χ0v) is 10.9. The Kier molecular flexibility index (Phi) is 3.82. The van der Waals surface area contributed by atoms with Crippen LogP contribution in [0, 0.1) is 0 Å². The SMILES string of the molecule is CC(=O)c1c(O)cc(Cl)c(Cl)c1C(F)(F)Br. The van der Waals surface area contributed by atoms with Gasteiger partial charge in [0.25, 0.3) is 0 Å². The van der Waals surface area contributed by atoms with E-state index in [0.717, 1.165) is 13.0 Å². The van der Waals surface area contributed by atoms with Gasteiger partial charge in [-0.2, -0.15) is 8.78 Å². The zero-order valence-electron chi connectivity index (χ0n) is 7.82. The van der Waals surface area contributed by atoms with E-state index in [-0.39, 0.29) is 5.02 Å². The second-order valence-corrected chi connectivity index (χ2v) is 4.78. The van der Waals surface area contributed by atoms with E-state index in [1.807, 2.05) is 0 Å². The van der Waals surface area contributed by atoms with Crippen molar-refractivity contribution < 1.29 is 18.7 Å². The number of carbonyl (C=O) groups is 1. The molecule has 0 spiro atoms. The minimum Gasteiger partial charge on any atom is -0.507 e. The molecule has 0 bridgehead atoms. The van der Waals surface area contributed by atoms with E-state index in [4.69, 9.17) is 23.2 Å². The first-order chi connectivity index (χ1) is 7.16. The lowest BCUT2D eigenvalue weighted by atomic mass is 10.0. The van der Waals surface area contributed by atoms with Gasteiger partial charge in [0.2, 0.25) is 0 Å². The van der Waals surface area contributed by atoms with Crippen LogP contribution < -0.4 is 0 Å². The smallest absolute Gasteiger partial charge is 0.329 e. The van der Waals surface area contributed by atoms with Crippen molar-refractivity contribution in [2.24, 2.45) is 0 Å². The molecule has 0 aliphatic heterocycles. The molecule has 1 aromatic carbocycles. The van der Waals surface area contributed by atoms with Gasteiger partial charge in [0.05, 0.1) is 21.2 Å². The Morgan fingerprint density at radius 2 is 2.00 bits per heavy atom. The molecule has 0 saturated heterocycles. The Morgan fingerprint density at radius 1 is 1.50 bits per heavy atom. The average molecular weight is 334 g/mol. The first-order valence-electron chi connectivity index (χ1n) is 3.95. The highest BCUT2D eigenvalue weighted by atomic mass is 79.9. The van der Waals surface area contributed by atoms with Crippen LogP contribution in [0.4, 0.5) is 8.78 Å². The van der Waals surface area contributed by atoms with Gasteiger partial charge in [-0.25, -0.2) is 0 Å². The molecular formula is C9H5BrCl2F2O2. The van der Waals surface area contributed by atoms with Gasteiger partial charge < -0.3 is 5.11 Å². The topological polar surface area (TPSA) is 37.3 Å². The number of rotatable bonds is 2.